The van der Waals surface area contributed by atoms with Crippen LogP contribution in [0.25, 0.3) is 0 Å². The molecule has 2 rings (SSSR count). The molecule has 0 fully saturated rings. The Morgan fingerprint density at radius 3 is 2.74 bits per heavy atom. The van der Waals surface area contributed by atoms with Crippen LogP contribution in [-0.4, -0.2) is 10.1 Å². The van der Waals surface area contributed by atoms with Crippen molar-refractivity contribution >= 4 is 0 Å². The van der Waals surface area contributed by atoms with Crippen LogP contribution in [0.2, 0.25) is 0 Å². The predicted octanol–water partition coefficient (Wildman–Crippen LogP) is 3.48. The first-order valence-electron chi connectivity index (χ1n) is 6.93. The molecule has 0 bridgehead atoms. The molecule has 1 heterocycles. The second-order valence-electron chi connectivity index (χ2n) is 4.69. The number of nitrogens with zero attached hydrogens (tertiary/aromatic N) is 2. The van der Waals surface area contributed by atoms with Crippen LogP contribution in [0.15, 0.2) is 41.2 Å². The summed E-state index contributed by atoms with van der Waals surface area (Å²) in [6.45, 7) is 2.87. The summed E-state index contributed by atoms with van der Waals surface area (Å²) in [5, 5.41) is 7.34. The molecule has 1 N–H and O–H groups in total. The number of rotatable bonds is 8. The van der Waals surface area contributed by atoms with Gasteiger partial charge in [0.05, 0.1) is 6.54 Å². The lowest BCUT2D eigenvalue weighted by Crippen LogP contribution is -2.21. The van der Waals surface area contributed by atoms with Gasteiger partial charge < -0.3 is 9.84 Å². The molecular weight excluding hydrogens is 238 g/mol. The average Bonchev–Trinajstić information content (AvgIpc) is 2.97. The van der Waals surface area contributed by atoms with E-state index in [4.69, 9.17) is 4.52 Å². The minimum atomic E-state index is 0.353. The van der Waals surface area contributed by atoms with Gasteiger partial charge in [0.1, 0.15) is 0 Å². The summed E-state index contributed by atoms with van der Waals surface area (Å²) in [5.74, 6) is 0.705. The maximum Gasteiger partial charge on any atom is 0.213 e. The first-order chi connectivity index (χ1) is 9.40. The molecule has 2 aromatic rings. The molecule has 1 aromatic carbocycles. The SMILES string of the molecule is CCCCCC(NCc1ncon1)c1ccccc1. The van der Waals surface area contributed by atoms with Gasteiger partial charge in [-0.05, 0) is 12.0 Å². The number of nitrogens with one attached hydrogen (secondary N) is 1. The van der Waals surface area contributed by atoms with E-state index >= 15 is 0 Å². The Morgan fingerprint density at radius 1 is 1.21 bits per heavy atom. The molecule has 0 aliphatic rings. The van der Waals surface area contributed by atoms with Gasteiger partial charge in [0.25, 0.3) is 0 Å². The largest absolute Gasteiger partial charge is 0.343 e. The van der Waals surface area contributed by atoms with Crippen molar-refractivity contribution in [3.05, 3.63) is 48.1 Å². The number of benzene rings is 1. The van der Waals surface area contributed by atoms with E-state index in [0.29, 0.717) is 18.4 Å². The Kier molecular flexibility index (Phi) is 5.56. The van der Waals surface area contributed by atoms with Gasteiger partial charge in [-0.3, -0.25) is 0 Å². The maximum atomic E-state index is 4.75. The molecule has 102 valence electrons. The summed E-state index contributed by atoms with van der Waals surface area (Å²) in [7, 11) is 0. The zero-order chi connectivity index (χ0) is 13.3. The van der Waals surface area contributed by atoms with Crippen molar-refractivity contribution in [1.29, 1.82) is 0 Å². The Bertz CT molecular complexity index is 442. The molecule has 4 nitrogen and oxygen atoms in total. The minimum Gasteiger partial charge on any atom is -0.343 e. The molecule has 0 saturated heterocycles. The fraction of sp³-hybridized carbons (Fsp3) is 0.467. The molecule has 1 aromatic heterocycles. The smallest absolute Gasteiger partial charge is 0.213 e. The van der Waals surface area contributed by atoms with Crippen molar-refractivity contribution < 1.29 is 4.52 Å². The lowest BCUT2D eigenvalue weighted by atomic mass is 10.0. The molecule has 0 aliphatic carbocycles. The van der Waals surface area contributed by atoms with Gasteiger partial charge in [-0.2, -0.15) is 4.98 Å². The molecule has 0 spiro atoms. The van der Waals surface area contributed by atoms with Gasteiger partial charge >= 0.3 is 0 Å². The number of unbranched alkanes of at least 4 members (excludes halogenated alkanes) is 2. The predicted molar refractivity (Wildman–Crippen MR) is 74.5 cm³/mol. The molecule has 0 saturated carbocycles. The van der Waals surface area contributed by atoms with Crippen LogP contribution in [0.1, 0.15) is 50.0 Å². The van der Waals surface area contributed by atoms with Crippen molar-refractivity contribution in [3.8, 4) is 0 Å². The summed E-state index contributed by atoms with van der Waals surface area (Å²) < 4.78 is 4.75. The normalized spacial score (nSPS) is 12.5. The minimum absolute atomic E-state index is 0.353. The van der Waals surface area contributed by atoms with E-state index in [1.165, 1.54) is 31.2 Å². The summed E-state index contributed by atoms with van der Waals surface area (Å²) >= 11 is 0. The van der Waals surface area contributed by atoms with Gasteiger partial charge in [-0.15, -0.1) is 0 Å². The highest BCUT2D eigenvalue weighted by Gasteiger charge is 2.11. The van der Waals surface area contributed by atoms with E-state index in [2.05, 4.69) is 46.6 Å². The summed E-state index contributed by atoms with van der Waals surface area (Å²) in [6.07, 6.45) is 6.25. The van der Waals surface area contributed by atoms with E-state index in [1.807, 2.05) is 6.07 Å². The molecule has 1 unspecified atom stereocenters. The van der Waals surface area contributed by atoms with Gasteiger partial charge in [-0.25, -0.2) is 0 Å². The van der Waals surface area contributed by atoms with Gasteiger partial charge in [0.15, 0.2) is 5.82 Å². The van der Waals surface area contributed by atoms with Crippen molar-refractivity contribution in [2.45, 2.75) is 45.2 Å². The van der Waals surface area contributed by atoms with Gasteiger partial charge in [0, 0.05) is 6.04 Å². The Balaban J connectivity index is 1.93. The second kappa shape index (κ2) is 7.69. The molecule has 0 aliphatic heterocycles. The fourth-order valence-corrected chi connectivity index (χ4v) is 2.16. The van der Waals surface area contributed by atoms with Crippen molar-refractivity contribution in [2.75, 3.05) is 0 Å². The molecule has 0 radical (unpaired) electrons. The van der Waals surface area contributed by atoms with E-state index in [9.17, 15) is 0 Å². The van der Waals surface area contributed by atoms with Crippen LogP contribution in [0.4, 0.5) is 0 Å². The Hall–Kier alpha value is -1.68. The number of hydrogen-bond donors (Lipinski definition) is 1. The third kappa shape index (κ3) is 4.48. The lowest BCUT2D eigenvalue weighted by molar-refractivity contribution is 0.400. The van der Waals surface area contributed by atoms with Crippen LogP contribution >= 0.6 is 0 Å². The van der Waals surface area contributed by atoms with Gasteiger partial charge in [0.2, 0.25) is 6.39 Å². The van der Waals surface area contributed by atoms with Crippen molar-refractivity contribution in [3.63, 3.8) is 0 Å². The van der Waals surface area contributed by atoms with Crippen molar-refractivity contribution in [2.24, 2.45) is 0 Å². The lowest BCUT2D eigenvalue weighted by Gasteiger charge is -2.18. The van der Waals surface area contributed by atoms with E-state index in [0.717, 1.165) is 6.42 Å². The second-order valence-corrected chi connectivity index (χ2v) is 4.69. The molecule has 4 heteroatoms. The third-order valence-corrected chi connectivity index (χ3v) is 3.21. The van der Waals surface area contributed by atoms with Crippen LogP contribution < -0.4 is 5.32 Å². The van der Waals surface area contributed by atoms with Crippen LogP contribution in [-0.2, 0) is 6.54 Å². The van der Waals surface area contributed by atoms with E-state index < -0.39 is 0 Å². The zero-order valence-electron chi connectivity index (χ0n) is 11.4. The first kappa shape index (κ1) is 13.7. The summed E-state index contributed by atoms with van der Waals surface area (Å²) in [5.41, 5.74) is 1.32. The van der Waals surface area contributed by atoms with E-state index in [-0.39, 0.29) is 0 Å². The highest BCUT2D eigenvalue weighted by Crippen LogP contribution is 2.20. The molecule has 1 atom stereocenters. The fourth-order valence-electron chi connectivity index (χ4n) is 2.16. The summed E-state index contributed by atoms with van der Waals surface area (Å²) in [4.78, 5) is 4.04. The zero-order valence-corrected chi connectivity index (χ0v) is 11.4. The first-order valence-corrected chi connectivity index (χ1v) is 6.93. The molecule has 0 amide bonds. The van der Waals surface area contributed by atoms with Crippen molar-refractivity contribution in [1.82, 2.24) is 15.5 Å². The topological polar surface area (TPSA) is 51.0 Å². The van der Waals surface area contributed by atoms with E-state index in [1.54, 1.807) is 0 Å². The van der Waals surface area contributed by atoms with Gasteiger partial charge in [-0.1, -0.05) is 61.7 Å². The molecular formula is C15H21N3O. The van der Waals surface area contributed by atoms with Crippen LogP contribution in [0, 0.1) is 0 Å². The number of hydrogen-bond acceptors (Lipinski definition) is 4. The average molecular weight is 259 g/mol. The molecule has 19 heavy (non-hydrogen) atoms. The quantitative estimate of drug-likeness (QED) is 0.737. The highest BCUT2D eigenvalue weighted by molar-refractivity contribution is 5.18. The highest BCUT2D eigenvalue weighted by atomic mass is 16.5. The Labute approximate surface area is 114 Å². The maximum absolute atomic E-state index is 4.75. The Morgan fingerprint density at radius 2 is 2.05 bits per heavy atom. The monoisotopic (exact) mass is 259 g/mol. The number of aromatic nitrogens is 2. The van der Waals surface area contributed by atoms with Crippen LogP contribution in [0.3, 0.4) is 0 Å². The van der Waals surface area contributed by atoms with Crippen LogP contribution in [0.5, 0.6) is 0 Å². The summed E-state index contributed by atoms with van der Waals surface area (Å²) in [6, 6.07) is 10.9. The standard InChI is InChI=1S/C15H21N3O/c1-2-3-5-10-14(13-8-6-4-7-9-13)16-11-15-17-12-19-18-15/h4,6-9,12,14,16H,2-3,5,10-11H2,1H3. The third-order valence-electron chi connectivity index (χ3n) is 3.21.